The second-order valence-corrected chi connectivity index (χ2v) is 19.8. The number of imidazole rings is 1. The van der Waals surface area contributed by atoms with Gasteiger partial charge >= 0.3 is 6.09 Å². The van der Waals surface area contributed by atoms with Crippen LogP contribution in [0.1, 0.15) is 120 Å². The topological polar surface area (TPSA) is 168 Å². The number of nitrogens with one attached hydrogen (secondary N) is 3. The molecule has 0 saturated heterocycles. The Morgan fingerprint density at radius 2 is 1.82 bits per heavy atom. The number of benzene rings is 2. The van der Waals surface area contributed by atoms with Crippen molar-refractivity contribution in [3.63, 3.8) is 0 Å². The summed E-state index contributed by atoms with van der Waals surface area (Å²) < 4.78 is 18.9. The van der Waals surface area contributed by atoms with E-state index in [0.29, 0.717) is 37.2 Å². The molecular weight excluding hydrogens is 879 g/mol. The van der Waals surface area contributed by atoms with Crippen LogP contribution in [0.5, 0.6) is 5.75 Å². The minimum Gasteiger partial charge on any atom is -0.471 e. The number of carbonyl (C=O) groups is 3. The third-order valence-electron chi connectivity index (χ3n) is 11.8. The van der Waals surface area contributed by atoms with Crippen molar-refractivity contribution in [1.29, 1.82) is 0 Å². The molecule has 5 aromatic rings. The molecule has 68 heavy (non-hydrogen) atoms. The van der Waals surface area contributed by atoms with Crippen LogP contribution in [-0.4, -0.2) is 114 Å². The van der Waals surface area contributed by atoms with Gasteiger partial charge in [-0.15, -0.1) is 11.3 Å². The number of fused-ring (bicyclic) bond motifs is 5. The first-order chi connectivity index (χ1) is 32.6. The van der Waals surface area contributed by atoms with Crippen LogP contribution in [0, 0.1) is 12.8 Å². The molecule has 2 aliphatic rings. The summed E-state index contributed by atoms with van der Waals surface area (Å²) in [6.45, 7) is 23.9. The van der Waals surface area contributed by atoms with E-state index in [2.05, 4.69) is 111 Å². The summed E-state index contributed by atoms with van der Waals surface area (Å²) in [4.78, 5) is 54.4. The second-order valence-electron chi connectivity index (χ2n) is 18.7. The van der Waals surface area contributed by atoms with Crippen molar-refractivity contribution < 1.29 is 28.6 Å². The first-order valence-corrected chi connectivity index (χ1v) is 24.5. The lowest BCUT2D eigenvalue weighted by Crippen LogP contribution is -2.37. The number of aromatic nitrogens is 4. The SMILES string of the molecule is C=N/C=C(\NCCN(C)CCC)c1cc(C)c2c(c1)OC(c1cnc(C3CCC3)s1)n1c-2cc2cc(-c3cnc(CN(CCC)C(=O)OC(C)(C)C)[nH]3)ccc21.CNC(C=O)C(C)C.COC=O. The van der Waals surface area contributed by atoms with Gasteiger partial charge in [-0.3, -0.25) is 14.4 Å². The van der Waals surface area contributed by atoms with E-state index in [9.17, 15) is 9.59 Å². The van der Waals surface area contributed by atoms with E-state index < -0.39 is 5.60 Å². The lowest BCUT2D eigenvalue weighted by atomic mass is 9.86. The Morgan fingerprint density at radius 1 is 1.09 bits per heavy atom. The van der Waals surface area contributed by atoms with E-state index in [0.717, 1.165) is 99.6 Å². The maximum atomic E-state index is 13.0. The first kappa shape index (κ1) is 53.1. The normalized spacial score (nSPS) is 14.8. The smallest absolute Gasteiger partial charge is 0.410 e. The van der Waals surface area contributed by atoms with Crippen LogP contribution < -0.4 is 15.4 Å². The molecule has 2 aromatic carbocycles. The average Bonchev–Trinajstić information content (AvgIpc) is 4.04. The van der Waals surface area contributed by atoms with Gasteiger partial charge in [0.15, 0.2) is 0 Å². The van der Waals surface area contributed by atoms with Crippen molar-refractivity contribution >= 4 is 53.5 Å². The zero-order valence-corrected chi connectivity index (χ0v) is 42.8. The molecule has 1 amide bonds. The Kier molecular flexibility index (Phi) is 19.5. The van der Waals surface area contributed by atoms with Crippen LogP contribution in [0.15, 0.2) is 60.0 Å². The molecule has 1 aliphatic heterocycles. The highest BCUT2D eigenvalue weighted by Gasteiger charge is 2.33. The molecule has 1 aliphatic carbocycles. The van der Waals surface area contributed by atoms with E-state index in [1.165, 1.54) is 31.4 Å². The van der Waals surface area contributed by atoms with E-state index >= 15 is 0 Å². The van der Waals surface area contributed by atoms with Crippen molar-refractivity contribution in [2.45, 2.75) is 118 Å². The average molecular weight is 952 g/mol. The third-order valence-corrected chi connectivity index (χ3v) is 13.0. The molecule has 4 heterocycles. The molecule has 0 bridgehead atoms. The number of aliphatic imine (C=N–C) groups is 1. The van der Waals surface area contributed by atoms with Gasteiger partial charge in [-0.05, 0) is 123 Å². The number of methoxy groups -OCH3 is 1. The Bertz CT molecular complexity index is 2480. The fourth-order valence-corrected chi connectivity index (χ4v) is 9.26. The van der Waals surface area contributed by atoms with E-state index in [1.54, 1.807) is 29.5 Å². The molecule has 1 saturated carbocycles. The first-order valence-electron chi connectivity index (χ1n) is 23.7. The molecule has 1 fully saturated rings. The van der Waals surface area contributed by atoms with Crippen molar-refractivity contribution in [1.82, 2.24) is 40.0 Å². The molecule has 0 spiro atoms. The van der Waals surface area contributed by atoms with Crippen LogP contribution >= 0.6 is 11.3 Å². The highest BCUT2D eigenvalue weighted by Crippen LogP contribution is 2.49. The van der Waals surface area contributed by atoms with Crippen LogP contribution in [0.4, 0.5) is 4.79 Å². The summed E-state index contributed by atoms with van der Waals surface area (Å²) in [5.41, 5.74) is 7.61. The summed E-state index contributed by atoms with van der Waals surface area (Å²) in [6.07, 6.45) is 11.5. The number of aromatic amines is 1. The number of carbonyl (C=O) groups excluding carboxylic acids is 3. The third kappa shape index (κ3) is 13.7. The fourth-order valence-electron chi connectivity index (χ4n) is 8.15. The van der Waals surface area contributed by atoms with Crippen LogP contribution in [0.25, 0.3) is 39.1 Å². The molecular formula is C52H73N9O6S. The molecule has 2 unspecified atom stereocenters. The zero-order valence-electron chi connectivity index (χ0n) is 42.0. The second kappa shape index (κ2) is 25.0. The summed E-state index contributed by atoms with van der Waals surface area (Å²) in [5.74, 6) is 2.48. The number of ether oxygens (including phenoxy) is 3. The fraction of sp³-hybridized carbons (Fsp3) is 0.500. The van der Waals surface area contributed by atoms with Gasteiger partial charge < -0.3 is 44.4 Å². The quantitative estimate of drug-likeness (QED) is 0.0532. The number of amides is 1. The number of nitrogens with zero attached hydrogens (tertiary/aromatic N) is 6. The van der Waals surface area contributed by atoms with E-state index in [4.69, 9.17) is 19.3 Å². The van der Waals surface area contributed by atoms with Gasteiger partial charge in [0.05, 0.1) is 58.4 Å². The maximum Gasteiger partial charge on any atom is 0.410 e. The zero-order chi connectivity index (χ0) is 49.5. The van der Waals surface area contributed by atoms with Crippen molar-refractivity contribution in [3.05, 3.63) is 81.8 Å². The number of aryl methyl sites for hydroxylation is 1. The lowest BCUT2D eigenvalue weighted by molar-refractivity contribution is -0.126. The van der Waals surface area contributed by atoms with E-state index in [-0.39, 0.29) is 18.4 Å². The predicted molar refractivity (Wildman–Crippen MR) is 274 cm³/mol. The van der Waals surface area contributed by atoms with E-state index in [1.807, 2.05) is 47.0 Å². The van der Waals surface area contributed by atoms with Crippen molar-refractivity contribution in [2.75, 3.05) is 47.4 Å². The van der Waals surface area contributed by atoms with Crippen molar-refractivity contribution in [3.8, 4) is 28.3 Å². The largest absolute Gasteiger partial charge is 0.471 e. The molecule has 368 valence electrons. The number of rotatable bonds is 19. The van der Waals surface area contributed by atoms with Crippen molar-refractivity contribution in [2.24, 2.45) is 10.9 Å². The van der Waals surface area contributed by atoms with Gasteiger partial charge in [0.2, 0.25) is 6.23 Å². The van der Waals surface area contributed by atoms with Gasteiger partial charge in [-0.2, -0.15) is 0 Å². The Labute approximate surface area is 406 Å². The van der Waals surface area contributed by atoms with Gasteiger partial charge in [0.1, 0.15) is 23.5 Å². The monoisotopic (exact) mass is 952 g/mol. The van der Waals surface area contributed by atoms with Gasteiger partial charge in [0.25, 0.3) is 6.47 Å². The van der Waals surface area contributed by atoms with Gasteiger partial charge in [-0.1, -0.05) is 40.2 Å². The number of hydrogen-bond acceptors (Lipinski definition) is 13. The highest BCUT2D eigenvalue weighted by molar-refractivity contribution is 7.11. The van der Waals surface area contributed by atoms with Gasteiger partial charge in [-0.25, -0.2) is 14.8 Å². The summed E-state index contributed by atoms with van der Waals surface area (Å²) in [5, 5.41) is 8.79. The Balaban J connectivity index is 0.000000640. The predicted octanol–water partition coefficient (Wildman–Crippen LogP) is 9.97. The standard InChI is InChI=1S/C44H56N8O3S.C6H13NO.C2H4O2/c1-9-17-50(8)19-16-46-33(24-45-7)31-20-28(3)40-36-22-32-21-30(34-25-47-39(49-34)27-51(18-10-2)43(53)55-44(4,5)6)14-15-35(32)52(36)42(54-37(40)23-31)38-26-48-41(56-38)29-12-11-13-29;1-5(2)6(4-8)7-3;1-4-2-3/h14-15,20-26,29,42,46H,7,9-13,16-19,27H2,1-6,8H3,(H,47,49);4-7H,1-3H3;2H,1H3/b33-24-;;. The molecule has 3 aromatic heterocycles. The number of thiazole rings is 1. The van der Waals surface area contributed by atoms with Crippen LogP contribution in [-0.2, 0) is 25.6 Å². The Morgan fingerprint density at radius 3 is 2.41 bits per heavy atom. The molecule has 2 atom stereocenters. The molecule has 7 rings (SSSR count). The van der Waals surface area contributed by atoms with Crippen LogP contribution in [0.2, 0.25) is 0 Å². The molecule has 0 radical (unpaired) electrons. The van der Waals surface area contributed by atoms with Crippen LogP contribution in [0.3, 0.4) is 0 Å². The summed E-state index contributed by atoms with van der Waals surface area (Å²) in [6, 6.07) is 13.2. The summed E-state index contributed by atoms with van der Waals surface area (Å²) >= 11 is 1.77. The molecule has 16 heteroatoms. The number of hydrogen-bond donors (Lipinski definition) is 3. The number of likely N-dealkylation sites (N-methyl/N-ethyl adjacent to an activating group) is 2. The lowest BCUT2D eigenvalue weighted by Gasteiger charge is -2.31. The number of aldehydes is 1. The molecule has 15 nitrogen and oxygen atoms in total. The number of H-pyrrole nitrogens is 1. The minimum absolute atomic E-state index is 0.0231. The maximum absolute atomic E-state index is 13.0. The van der Waals surface area contributed by atoms with Gasteiger partial charge in [0, 0.05) is 60.0 Å². The minimum atomic E-state index is -0.570. The summed E-state index contributed by atoms with van der Waals surface area (Å²) in [7, 11) is 5.25. The Hall–Kier alpha value is -5.84. The molecule has 3 N–H and O–H groups in total. The highest BCUT2D eigenvalue weighted by atomic mass is 32.1.